The number of piperazine rings is 1. The molecule has 0 aliphatic carbocycles. The first kappa shape index (κ1) is 40.3. The third kappa shape index (κ3) is 8.11. The summed E-state index contributed by atoms with van der Waals surface area (Å²) in [5.74, 6) is -0.481. The molecule has 2 N–H and O–H groups in total. The molecular weight excluding hydrogens is 744 g/mol. The molecular formula is C44H48F3N9O2. The number of alkyl halides is 3. The molecule has 3 aromatic heterocycles. The Balaban J connectivity index is 0.00000252. The van der Waals surface area contributed by atoms with Gasteiger partial charge in [0.25, 0.3) is 0 Å². The Morgan fingerprint density at radius 1 is 0.914 bits per heavy atom. The lowest BCUT2D eigenvalue weighted by Crippen LogP contribution is -2.45. The number of pyridine rings is 1. The van der Waals surface area contributed by atoms with E-state index in [-0.39, 0.29) is 17.4 Å². The van der Waals surface area contributed by atoms with Gasteiger partial charge in [0, 0.05) is 79.8 Å². The van der Waals surface area contributed by atoms with E-state index < -0.39 is 23.7 Å². The van der Waals surface area contributed by atoms with Crippen molar-refractivity contribution in [3.63, 3.8) is 0 Å². The SMILES string of the molecule is CC.Cc1c(C(C)Nc2nnc(C)c3cnc(-c4cccc(CN5CCN(c6ccc7c(C8CCC(=O)NC8=O)nn(C)c7c6)CC5)c4)cc23)cccc1C(F)(F)F. The fraction of sp³-hybridized carbons (Fsp3) is 0.364. The molecule has 2 atom stereocenters. The number of nitrogens with zero attached hydrogens (tertiary/aromatic N) is 7. The fourth-order valence-electron chi connectivity index (χ4n) is 8.08. The van der Waals surface area contributed by atoms with Gasteiger partial charge in [-0.15, -0.1) is 5.10 Å². The van der Waals surface area contributed by atoms with Gasteiger partial charge in [-0.25, -0.2) is 0 Å². The number of hydrogen-bond acceptors (Lipinski definition) is 9. The highest BCUT2D eigenvalue weighted by Gasteiger charge is 2.34. The molecule has 0 radical (unpaired) electrons. The first-order valence-corrected chi connectivity index (χ1v) is 19.8. The van der Waals surface area contributed by atoms with Gasteiger partial charge in [0.2, 0.25) is 11.8 Å². The maximum Gasteiger partial charge on any atom is 0.416 e. The zero-order valence-electron chi connectivity index (χ0n) is 33.6. The standard InChI is InChI=1S/C42H42F3N9O2.C2H6/c1-24-30(9-6-10-35(24)42(43,44)45)25(2)47-40-33-21-36(46-22-34(33)26(3)49-50-40)28-8-5-7-27(19-28)23-53-15-17-54(18-16-53)29-11-12-31-37(20-29)52(4)51-39(31)32-13-14-38(55)48-41(32)56;1-2/h5-12,19-22,25,32H,13-18,23H2,1-4H3,(H,47,50)(H,48,55,56);1-2H3. The van der Waals surface area contributed by atoms with Gasteiger partial charge >= 0.3 is 6.18 Å². The molecule has 58 heavy (non-hydrogen) atoms. The number of fused-ring (bicyclic) bond motifs is 2. The molecule has 2 fully saturated rings. The van der Waals surface area contributed by atoms with Crippen molar-refractivity contribution in [1.29, 1.82) is 0 Å². The van der Waals surface area contributed by atoms with E-state index in [0.717, 1.165) is 83.0 Å². The summed E-state index contributed by atoms with van der Waals surface area (Å²) in [5.41, 5.74) is 6.41. The number of carbonyl (C=O) groups excluding carboxylic acids is 2. The predicted molar refractivity (Wildman–Crippen MR) is 220 cm³/mol. The van der Waals surface area contributed by atoms with Crippen LogP contribution in [0.4, 0.5) is 24.7 Å². The molecule has 11 nitrogen and oxygen atoms in total. The van der Waals surface area contributed by atoms with Crippen molar-refractivity contribution >= 4 is 45.0 Å². The monoisotopic (exact) mass is 791 g/mol. The maximum atomic E-state index is 13.7. The van der Waals surface area contributed by atoms with Gasteiger partial charge in [-0.2, -0.15) is 23.4 Å². The summed E-state index contributed by atoms with van der Waals surface area (Å²) >= 11 is 0. The normalized spacial score (nSPS) is 16.9. The van der Waals surface area contributed by atoms with E-state index in [1.165, 1.54) is 13.0 Å². The number of aryl methyl sites for hydroxylation is 2. The number of anilines is 2. The largest absolute Gasteiger partial charge is 0.416 e. The van der Waals surface area contributed by atoms with Crippen LogP contribution in [0.15, 0.2) is 72.9 Å². The van der Waals surface area contributed by atoms with Crippen molar-refractivity contribution in [3.05, 3.63) is 107 Å². The van der Waals surface area contributed by atoms with E-state index in [0.29, 0.717) is 35.6 Å². The van der Waals surface area contributed by atoms with Crippen molar-refractivity contribution in [2.45, 2.75) is 72.1 Å². The summed E-state index contributed by atoms with van der Waals surface area (Å²) < 4.78 is 42.8. The number of carbonyl (C=O) groups is 2. The van der Waals surface area contributed by atoms with Crippen LogP contribution in [-0.2, 0) is 29.4 Å². The molecule has 6 aromatic rings. The molecule has 2 aliphatic heterocycles. The number of nitrogens with one attached hydrogen (secondary N) is 2. The highest BCUT2D eigenvalue weighted by molar-refractivity contribution is 6.02. The van der Waals surface area contributed by atoms with Gasteiger partial charge in [-0.1, -0.05) is 44.2 Å². The van der Waals surface area contributed by atoms with E-state index >= 15 is 0 Å². The molecule has 302 valence electrons. The number of hydrogen-bond donors (Lipinski definition) is 2. The lowest BCUT2D eigenvalue weighted by Gasteiger charge is -2.36. The quantitative estimate of drug-likeness (QED) is 0.147. The third-order valence-electron chi connectivity index (χ3n) is 11.1. The number of halogens is 3. The van der Waals surface area contributed by atoms with Crippen molar-refractivity contribution in [1.82, 2.24) is 35.2 Å². The van der Waals surface area contributed by atoms with Crippen molar-refractivity contribution in [3.8, 4) is 11.3 Å². The van der Waals surface area contributed by atoms with Gasteiger partial charge in [-0.05, 0) is 80.3 Å². The van der Waals surface area contributed by atoms with Gasteiger partial charge in [0.05, 0.1) is 40.1 Å². The number of imide groups is 1. The number of rotatable bonds is 8. The third-order valence-corrected chi connectivity index (χ3v) is 11.1. The molecule has 0 spiro atoms. The topological polar surface area (TPSA) is 121 Å². The number of benzene rings is 3. The van der Waals surface area contributed by atoms with Crippen LogP contribution in [0.1, 0.15) is 79.2 Å². The number of piperidine rings is 1. The minimum atomic E-state index is -4.44. The van der Waals surface area contributed by atoms with Gasteiger partial charge in [-0.3, -0.25) is 29.5 Å². The van der Waals surface area contributed by atoms with Gasteiger partial charge in [0.15, 0.2) is 5.82 Å². The van der Waals surface area contributed by atoms with Crippen LogP contribution in [0.2, 0.25) is 0 Å². The molecule has 2 saturated heterocycles. The lowest BCUT2D eigenvalue weighted by atomic mass is 9.93. The second kappa shape index (κ2) is 16.5. The zero-order chi connectivity index (χ0) is 41.3. The molecule has 2 amide bonds. The summed E-state index contributed by atoms with van der Waals surface area (Å²) in [7, 11) is 1.89. The smallest absolute Gasteiger partial charge is 0.369 e. The molecule has 8 rings (SSSR count). The molecule has 2 unspecified atom stereocenters. The molecule has 3 aromatic carbocycles. The first-order chi connectivity index (χ1) is 27.8. The first-order valence-electron chi connectivity index (χ1n) is 19.8. The molecule has 2 aliphatic rings. The van der Waals surface area contributed by atoms with Crippen LogP contribution in [0.3, 0.4) is 0 Å². The summed E-state index contributed by atoms with van der Waals surface area (Å²) in [6.45, 7) is 13.4. The minimum absolute atomic E-state index is 0.179. The van der Waals surface area contributed by atoms with E-state index in [2.05, 4.69) is 54.9 Å². The van der Waals surface area contributed by atoms with Gasteiger partial charge in [0.1, 0.15) is 0 Å². The Morgan fingerprint density at radius 3 is 2.41 bits per heavy atom. The predicted octanol–water partition coefficient (Wildman–Crippen LogP) is 8.26. The Kier molecular flexibility index (Phi) is 11.5. The number of amides is 2. The number of aromatic nitrogens is 5. The minimum Gasteiger partial charge on any atom is -0.369 e. The summed E-state index contributed by atoms with van der Waals surface area (Å²) in [6.07, 6.45) is -1.88. The van der Waals surface area contributed by atoms with E-state index in [1.54, 1.807) is 12.3 Å². The van der Waals surface area contributed by atoms with Crippen LogP contribution < -0.4 is 15.5 Å². The Labute approximate surface area is 335 Å². The lowest BCUT2D eigenvalue weighted by molar-refractivity contribution is -0.138. The summed E-state index contributed by atoms with van der Waals surface area (Å²) in [5, 5.41) is 21.7. The van der Waals surface area contributed by atoms with E-state index in [4.69, 9.17) is 10.1 Å². The van der Waals surface area contributed by atoms with E-state index in [9.17, 15) is 22.8 Å². The Hall–Kier alpha value is -5.89. The molecule has 0 saturated carbocycles. The average Bonchev–Trinajstić information content (AvgIpc) is 3.54. The second-order valence-electron chi connectivity index (χ2n) is 14.8. The Bertz CT molecular complexity index is 2490. The molecule has 5 heterocycles. The van der Waals surface area contributed by atoms with Crippen LogP contribution in [0.5, 0.6) is 0 Å². The van der Waals surface area contributed by atoms with Crippen molar-refractivity contribution in [2.24, 2.45) is 7.05 Å². The van der Waals surface area contributed by atoms with Crippen LogP contribution in [0.25, 0.3) is 32.9 Å². The zero-order valence-corrected chi connectivity index (χ0v) is 33.6. The maximum absolute atomic E-state index is 13.7. The average molecular weight is 792 g/mol. The van der Waals surface area contributed by atoms with Crippen LogP contribution in [-0.4, -0.2) is 67.9 Å². The highest BCUT2D eigenvalue weighted by atomic mass is 19.4. The second-order valence-corrected chi connectivity index (χ2v) is 14.8. The summed E-state index contributed by atoms with van der Waals surface area (Å²) in [4.78, 5) is 33.9. The molecule has 14 heteroatoms. The van der Waals surface area contributed by atoms with Gasteiger partial charge < -0.3 is 10.2 Å². The van der Waals surface area contributed by atoms with Crippen LogP contribution in [0, 0.1) is 13.8 Å². The fourth-order valence-corrected chi connectivity index (χ4v) is 8.08. The Morgan fingerprint density at radius 2 is 1.67 bits per heavy atom. The van der Waals surface area contributed by atoms with Crippen molar-refractivity contribution in [2.75, 3.05) is 36.4 Å². The molecule has 0 bridgehead atoms. The summed E-state index contributed by atoms with van der Waals surface area (Å²) in [6, 6.07) is 20.3. The van der Waals surface area contributed by atoms with Crippen LogP contribution >= 0.6 is 0 Å². The highest BCUT2D eigenvalue weighted by Crippen LogP contribution is 2.37. The van der Waals surface area contributed by atoms with E-state index in [1.807, 2.05) is 63.7 Å². The van der Waals surface area contributed by atoms with Crippen molar-refractivity contribution < 1.29 is 22.8 Å².